The van der Waals surface area contributed by atoms with Crippen LogP contribution in [0.4, 0.5) is 0 Å². The Hall–Kier alpha value is -0.290. The molecule has 14 heavy (non-hydrogen) atoms. The van der Waals surface area contributed by atoms with Gasteiger partial charge in [-0.05, 0) is 35.0 Å². The lowest BCUT2D eigenvalue weighted by molar-refractivity contribution is 0.163. The number of nitrogens with two attached hydrogens (primary N) is 1. The summed E-state index contributed by atoms with van der Waals surface area (Å²) in [6.45, 7) is 1.55. The van der Waals surface area contributed by atoms with Crippen LogP contribution in [0, 0.1) is 0 Å². The van der Waals surface area contributed by atoms with Crippen molar-refractivity contribution < 1.29 is 10.2 Å². The Labute approximate surface area is 95.6 Å². The Kier molecular flexibility index (Phi) is 3.78. The zero-order chi connectivity index (χ0) is 10.9. The van der Waals surface area contributed by atoms with Gasteiger partial charge in [0.1, 0.15) is 5.75 Å². The summed E-state index contributed by atoms with van der Waals surface area (Å²) in [4.78, 5) is 0. The molecule has 0 bridgehead atoms. The molecule has 0 saturated heterocycles. The number of rotatable bonds is 2. The third kappa shape index (κ3) is 2.39. The van der Waals surface area contributed by atoms with Crippen LogP contribution in [0.1, 0.15) is 18.5 Å². The molecule has 1 rings (SSSR count). The van der Waals surface area contributed by atoms with Gasteiger partial charge in [0.25, 0.3) is 0 Å². The van der Waals surface area contributed by atoms with Crippen LogP contribution in [-0.4, -0.2) is 16.3 Å². The molecule has 0 aliphatic carbocycles. The number of benzene rings is 1. The molecule has 2 unspecified atom stereocenters. The lowest BCUT2D eigenvalue weighted by Gasteiger charge is -2.17. The average Bonchev–Trinajstić information content (AvgIpc) is 2.09. The number of hydrogen-bond donors (Lipinski definition) is 3. The summed E-state index contributed by atoms with van der Waals surface area (Å²) in [6.07, 6.45) is -0.744. The lowest BCUT2D eigenvalue weighted by atomic mass is 10.0. The minimum absolute atomic E-state index is 0.0165. The quantitative estimate of drug-likeness (QED) is 0.778. The highest BCUT2D eigenvalue weighted by Crippen LogP contribution is 2.35. The largest absolute Gasteiger partial charge is 0.506 e. The molecule has 3 nitrogen and oxygen atoms in total. The molecular formula is C9H11BrClNO2. The molecule has 0 saturated carbocycles. The van der Waals surface area contributed by atoms with E-state index in [0.29, 0.717) is 15.1 Å². The van der Waals surface area contributed by atoms with Gasteiger partial charge in [0.2, 0.25) is 0 Å². The van der Waals surface area contributed by atoms with Crippen LogP contribution in [0.3, 0.4) is 0 Å². The first kappa shape index (κ1) is 11.8. The molecule has 4 N–H and O–H groups in total. The van der Waals surface area contributed by atoms with Crippen LogP contribution in [0.5, 0.6) is 5.75 Å². The summed E-state index contributed by atoms with van der Waals surface area (Å²) in [6, 6.07) is 2.46. The van der Waals surface area contributed by atoms with E-state index in [-0.39, 0.29) is 5.75 Å². The van der Waals surface area contributed by atoms with Gasteiger partial charge < -0.3 is 15.9 Å². The fraction of sp³-hybridized carbons (Fsp3) is 0.333. The highest BCUT2D eigenvalue weighted by molar-refractivity contribution is 9.10. The summed E-state index contributed by atoms with van der Waals surface area (Å²) in [5, 5.41) is 19.4. The van der Waals surface area contributed by atoms with Gasteiger partial charge in [-0.15, -0.1) is 0 Å². The van der Waals surface area contributed by atoms with Crippen molar-refractivity contribution in [2.45, 2.75) is 19.1 Å². The van der Waals surface area contributed by atoms with Gasteiger partial charge in [-0.3, -0.25) is 0 Å². The van der Waals surface area contributed by atoms with Crippen molar-refractivity contribution in [2.24, 2.45) is 5.73 Å². The van der Waals surface area contributed by atoms with E-state index in [0.717, 1.165) is 0 Å². The van der Waals surface area contributed by atoms with Crippen molar-refractivity contribution in [3.63, 3.8) is 0 Å². The van der Waals surface area contributed by atoms with Crippen molar-refractivity contribution in [1.82, 2.24) is 0 Å². The van der Waals surface area contributed by atoms with Gasteiger partial charge in [-0.25, -0.2) is 0 Å². The van der Waals surface area contributed by atoms with E-state index in [1.807, 2.05) is 0 Å². The van der Waals surface area contributed by atoms with E-state index in [9.17, 15) is 10.2 Å². The number of phenolic OH excluding ortho intramolecular Hbond substituents is 1. The number of hydrogen-bond acceptors (Lipinski definition) is 3. The molecule has 0 aromatic heterocycles. The topological polar surface area (TPSA) is 66.5 Å². The minimum Gasteiger partial charge on any atom is -0.506 e. The molecule has 0 aliphatic rings. The third-order valence-electron chi connectivity index (χ3n) is 1.94. The van der Waals surface area contributed by atoms with Crippen LogP contribution < -0.4 is 5.73 Å². The average molecular weight is 281 g/mol. The maximum absolute atomic E-state index is 9.64. The van der Waals surface area contributed by atoms with Crippen molar-refractivity contribution in [3.8, 4) is 5.75 Å². The van der Waals surface area contributed by atoms with Gasteiger partial charge in [0.15, 0.2) is 0 Å². The monoisotopic (exact) mass is 279 g/mol. The van der Waals surface area contributed by atoms with Crippen LogP contribution in [-0.2, 0) is 0 Å². The van der Waals surface area contributed by atoms with E-state index in [4.69, 9.17) is 17.3 Å². The molecule has 0 heterocycles. The number of phenols is 1. The van der Waals surface area contributed by atoms with E-state index < -0.39 is 12.1 Å². The molecule has 1 aromatic rings. The Bertz CT molecular complexity index is 344. The molecule has 78 valence electrons. The highest BCUT2D eigenvalue weighted by Gasteiger charge is 2.18. The summed E-state index contributed by atoms with van der Waals surface area (Å²) >= 11 is 8.94. The second-order valence-electron chi connectivity index (χ2n) is 3.09. The standard InChI is InChI=1S/C9H11BrClNO2/c1-4(13)8(12)6-2-5(11)3-7(10)9(6)14/h2-4,8,13-14H,12H2,1H3. The molecule has 0 radical (unpaired) electrons. The van der Waals surface area contributed by atoms with Crippen LogP contribution in [0.25, 0.3) is 0 Å². The highest BCUT2D eigenvalue weighted by atomic mass is 79.9. The maximum atomic E-state index is 9.64. The van der Waals surface area contributed by atoms with E-state index in [1.165, 1.54) is 0 Å². The summed E-state index contributed by atoms with van der Waals surface area (Å²) in [7, 11) is 0. The molecule has 0 amide bonds. The summed E-state index contributed by atoms with van der Waals surface area (Å²) in [5.74, 6) is 0.0165. The van der Waals surface area contributed by atoms with Crippen molar-refractivity contribution >= 4 is 27.5 Å². The smallest absolute Gasteiger partial charge is 0.134 e. The van der Waals surface area contributed by atoms with Gasteiger partial charge in [-0.1, -0.05) is 11.6 Å². The number of halogens is 2. The van der Waals surface area contributed by atoms with Crippen molar-refractivity contribution in [3.05, 3.63) is 27.2 Å². The van der Waals surface area contributed by atoms with Crippen molar-refractivity contribution in [2.75, 3.05) is 0 Å². The second-order valence-corrected chi connectivity index (χ2v) is 4.38. The first-order valence-electron chi connectivity index (χ1n) is 4.05. The van der Waals surface area contributed by atoms with Crippen molar-refractivity contribution in [1.29, 1.82) is 0 Å². The Balaban J connectivity index is 3.20. The minimum atomic E-state index is -0.744. The number of aliphatic hydroxyl groups excluding tert-OH is 1. The second kappa shape index (κ2) is 4.49. The Morgan fingerprint density at radius 2 is 2.07 bits per heavy atom. The molecule has 2 atom stereocenters. The number of aliphatic hydroxyl groups is 1. The fourth-order valence-corrected chi connectivity index (χ4v) is 1.93. The zero-order valence-electron chi connectivity index (χ0n) is 7.54. The first-order chi connectivity index (χ1) is 6.43. The first-order valence-corrected chi connectivity index (χ1v) is 5.22. The fourth-order valence-electron chi connectivity index (χ4n) is 1.10. The molecule has 0 aliphatic heterocycles. The van der Waals surface area contributed by atoms with Gasteiger partial charge in [0.05, 0.1) is 16.6 Å². The Morgan fingerprint density at radius 1 is 1.50 bits per heavy atom. The predicted octanol–water partition coefficient (Wildman–Crippen LogP) is 2.19. The summed E-state index contributed by atoms with van der Waals surface area (Å²) < 4.78 is 0.469. The van der Waals surface area contributed by atoms with Gasteiger partial charge in [0, 0.05) is 10.6 Å². The SMILES string of the molecule is CC(O)C(N)c1cc(Cl)cc(Br)c1O. The van der Waals surface area contributed by atoms with Crippen LogP contribution >= 0.6 is 27.5 Å². The molecule has 5 heteroatoms. The van der Waals surface area contributed by atoms with Gasteiger partial charge >= 0.3 is 0 Å². The maximum Gasteiger partial charge on any atom is 0.134 e. The van der Waals surface area contributed by atoms with E-state index >= 15 is 0 Å². The number of aromatic hydroxyl groups is 1. The molecule has 1 aromatic carbocycles. The summed E-state index contributed by atoms with van der Waals surface area (Å²) in [5.41, 5.74) is 6.12. The molecule has 0 fully saturated rings. The predicted molar refractivity (Wildman–Crippen MR) is 59.4 cm³/mol. The third-order valence-corrected chi connectivity index (χ3v) is 2.76. The Morgan fingerprint density at radius 3 is 2.57 bits per heavy atom. The lowest BCUT2D eigenvalue weighted by Crippen LogP contribution is -2.23. The zero-order valence-corrected chi connectivity index (χ0v) is 9.88. The van der Waals surface area contributed by atoms with E-state index in [1.54, 1.807) is 19.1 Å². The molecule has 0 spiro atoms. The van der Waals surface area contributed by atoms with Crippen LogP contribution in [0.15, 0.2) is 16.6 Å². The van der Waals surface area contributed by atoms with Crippen LogP contribution in [0.2, 0.25) is 5.02 Å². The molecular weight excluding hydrogens is 269 g/mol. The normalized spacial score (nSPS) is 15.2. The van der Waals surface area contributed by atoms with E-state index in [2.05, 4.69) is 15.9 Å². The van der Waals surface area contributed by atoms with Gasteiger partial charge in [-0.2, -0.15) is 0 Å².